The van der Waals surface area contributed by atoms with Crippen molar-refractivity contribution in [1.29, 1.82) is 0 Å². The van der Waals surface area contributed by atoms with Crippen LogP contribution in [0.25, 0.3) is 0 Å². The van der Waals surface area contributed by atoms with Gasteiger partial charge in [-0.3, -0.25) is 4.79 Å². The molecule has 0 saturated heterocycles. The van der Waals surface area contributed by atoms with Gasteiger partial charge in [-0.05, 0) is 49.3 Å². The molecule has 0 aromatic carbocycles. The molecule has 0 fully saturated rings. The number of ketones is 1. The Labute approximate surface area is 126 Å². The molecule has 0 aliphatic heterocycles. The fraction of sp³-hybridized carbons (Fsp3) is 0.500. The summed E-state index contributed by atoms with van der Waals surface area (Å²) in [4.78, 5) is 11.2. The van der Waals surface area contributed by atoms with E-state index < -0.39 is 0 Å². The van der Waals surface area contributed by atoms with Crippen LogP contribution in [0.4, 0.5) is 0 Å². The van der Waals surface area contributed by atoms with Gasteiger partial charge in [0.2, 0.25) is 0 Å². The second-order valence-electron chi connectivity index (χ2n) is 4.97. The molecule has 0 amide bonds. The first-order valence-corrected chi connectivity index (χ1v) is 5.68. The van der Waals surface area contributed by atoms with Crippen molar-refractivity contribution in [3.05, 3.63) is 35.6 Å². The van der Waals surface area contributed by atoms with E-state index in [4.69, 9.17) is 0 Å². The molecular formula is C14H19NaO2. The van der Waals surface area contributed by atoms with Gasteiger partial charge in [0.15, 0.2) is 5.78 Å². The van der Waals surface area contributed by atoms with Crippen molar-refractivity contribution in [2.75, 3.05) is 0 Å². The van der Waals surface area contributed by atoms with Crippen LogP contribution in [0.1, 0.15) is 40.0 Å². The molecule has 88 valence electrons. The third kappa shape index (κ3) is 4.82. The number of hydrogen-bond acceptors (Lipinski definition) is 2. The van der Waals surface area contributed by atoms with Crippen molar-refractivity contribution in [3.63, 3.8) is 0 Å². The van der Waals surface area contributed by atoms with E-state index >= 15 is 0 Å². The molecule has 0 N–H and O–H groups in total. The summed E-state index contributed by atoms with van der Waals surface area (Å²) in [5.74, 6) is -0.239. The Morgan fingerprint density at radius 2 is 2.00 bits per heavy atom. The Hall–Kier alpha value is -0.310. The normalized spacial score (nSPS) is 19.7. The van der Waals surface area contributed by atoms with Crippen molar-refractivity contribution in [2.24, 2.45) is 5.41 Å². The number of carbonyl (C=O) groups is 1. The van der Waals surface area contributed by atoms with Crippen LogP contribution in [0, 0.1) is 5.41 Å². The quantitative estimate of drug-likeness (QED) is 0.381. The zero-order valence-corrected chi connectivity index (χ0v) is 13.2. The van der Waals surface area contributed by atoms with E-state index in [2.05, 4.69) is 20.8 Å². The summed E-state index contributed by atoms with van der Waals surface area (Å²) < 4.78 is 0. The Kier molecular flexibility index (Phi) is 7.07. The van der Waals surface area contributed by atoms with Crippen LogP contribution in [-0.4, -0.2) is 5.78 Å². The van der Waals surface area contributed by atoms with Crippen molar-refractivity contribution >= 4 is 5.78 Å². The van der Waals surface area contributed by atoms with E-state index in [1.807, 2.05) is 6.08 Å². The average Bonchev–Trinajstić information content (AvgIpc) is 2.16. The van der Waals surface area contributed by atoms with Gasteiger partial charge >= 0.3 is 29.6 Å². The maximum atomic E-state index is 11.2. The minimum atomic E-state index is -0.239. The van der Waals surface area contributed by atoms with Crippen molar-refractivity contribution in [2.45, 2.75) is 40.0 Å². The largest absolute Gasteiger partial charge is 1.00 e. The second kappa shape index (κ2) is 7.20. The van der Waals surface area contributed by atoms with Gasteiger partial charge in [0.25, 0.3) is 0 Å². The Morgan fingerprint density at radius 3 is 2.53 bits per heavy atom. The van der Waals surface area contributed by atoms with E-state index in [1.165, 1.54) is 23.6 Å². The van der Waals surface area contributed by atoms with E-state index in [9.17, 15) is 9.90 Å². The molecule has 2 nitrogen and oxygen atoms in total. The first kappa shape index (κ1) is 16.7. The minimum Gasteiger partial charge on any atom is -0.878 e. The standard InChI is InChI=1S/C14H20O2.Na/c1-11-5-4-9-14(2,3)13(11)7-6-12(16)8-10-15;/h6-8,10,15H,4-5,9H2,1-3H3;/q;+1/p-1/b7-6+,10-8+;. The molecule has 0 aromatic heterocycles. The molecule has 17 heavy (non-hydrogen) atoms. The Morgan fingerprint density at radius 1 is 1.35 bits per heavy atom. The molecule has 0 spiro atoms. The minimum absolute atomic E-state index is 0. The predicted molar refractivity (Wildman–Crippen MR) is 63.6 cm³/mol. The van der Waals surface area contributed by atoms with Gasteiger partial charge in [-0.2, -0.15) is 0 Å². The SMILES string of the molecule is CC1=C(/C=C/C(=O)/C=C/[O-])C(C)(C)CCC1.[Na+]. The molecule has 0 bridgehead atoms. The Balaban J connectivity index is 0.00000256. The molecule has 0 atom stereocenters. The van der Waals surface area contributed by atoms with Gasteiger partial charge in [-0.15, -0.1) is 6.26 Å². The van der Waals surface area contributed by atoms with Crippen LogP contribution in [0.3, 0.4) is 0 Å². The summed E-state index contributed by atoms with van der Waals surface area (Å²) in [6.07, 6.45) is 8.40. The fourth-order valence-electron chi connectivity index (χ4n) is 2.30. The summed E-state index contributed by atoms with van der Waals surface area (Å²) in [6, 6.07) is 0. The maximum absolute atomic E-state index is 11.2. The number of hydrogen-bond donors (Lipinski definition) is 0. The summed E-state index contributed by atoms with van der Waals surface area (Å²) in [7, 11) is 0. The molecule has 0 unspecified atom stereocenters. The van der Waals surface area contributed by atoms with Crippen molar-refractivity contribution in [1.82, 2.24) is 0 Å². The monoisotopic (exact) mass is 242 g/mol. The summed E-state index contributed by atoms with van der Waals surface area (Å²) >= 11 is 0. The zero-order chi connectivity index (χ0) is 12.2. The topological polar surface area (TPSA) is 40.1 Å². The summed E-state index contributed by atoms with van der Waals surface area (Å²) in [5.41, 5.74) is 2.73. The van der Waals surface area contributed by atoms with E-state index in [0.717, 1.165) is 18.9 Å². The zero-order valence-electron chi connectivity index (χ0n) is 11.2. The van der Waals surface area contributed by atoms with E-state index in [1.54, 1.807) is 0 Å². The fourth-order valence-corrected chi connectivity index (χ4v) is 2.30. The first-order valence-electron chi connectivity index (χ1n) is 5.68. The third-order valence-corrected chi connectivity index (χ3v) is 3.19. The predicted octanol–water partition coefficient (Wildman–Crippen LogP) is -0.484. The molecule has 0 heterocycles. The molecule has 0 aromatic rings. The van der Waals surface area contributed by atoms with Crippen LogP contribution < -0.4 is 34.7 Å². The van der Waals surface area contributed by atoms with Gasteiger partial charge < -0.3 is 5.11 Å². The molecule has 0 radical (unpaired) electrons. The molecular weight excluding hydrogens is 223 g/mol. The van der Waals surface area contributed by atoms with Crippen LogP contribution in [-0.2, 0) is 4.79 Å². The average molecular weight is 242 g/mol. The van der Waals surface area contributed by atoms with Gasteiger partial charge in [-0.25, -0.2) is 0 Å². The molecule has 3 heteroatoms. The smallest absolute Gasteiger partial charge is 0.878 e. The van der Waals surface area contributed by atoms with Gasteiger partial charge in [0.05, 0.1) is 0 Å². The Bertz CT molecular complexity index is 362. The van der Waals surface area contributed by atoms with Gasteiger partial charge in [0, 0.05) is 0 Å². The van der Waals surface area contributed by atoms with Crippen LogP contribution in [0.5, 0.6) is 0 Å². The molecule has 1 aliphatic rings. The maximum Gasteiger partial charge on any atom is 1.00 e. The molecule has 1 aliphatic carbocycles. The third-order valence-electron chi connectivity index (χ3n) is 3.19. The second-order valence-corrected chi connectivity index (χ2v) is 4.97. The van der Waals surface area contributed by atoms with Crippen LogP contribution in [0.2, 0.25) is 0 Å². The first-order chi connectivity index (χ1) is 7.47. The van der Waals surface area contributed by atoms with Crippen molar-refractivity contribution < 1.29 is 39.5 Å². The number of rotatable bonds is 3. The van der Waals surface area contributed by atoms with Gasteiger partial charge in [-0.1, -0.05) is 25.5 Å². The van der Waals surface area contributed by atoms with Gasteiger partial charge in [0.1, 0.15) is 0 Å². The van der Waals surface area contributed by atoms with E-state index in [-0.39, 0.29) is 40.8 Å². The van der Waals surface area contributed by atoms with E-state index in [0.29, 0.717) is 6.26 Å². The van der Waals surface area contributed by atoms with Crippen molar-refractivity contribution in [3.8, 4) is 0 Å². The molecule has 1 rings (SSSR count). The van der Waals surface area contributed by atoms with Crippen LogP contribution >= 0.6 is 0 Å². The summed E-state index contributed by atoms with van der Waals surface area (Å²) in [6.45, 7) is 6.51. The summed E-state index contributed by atoms with van der Waals surface area (Å²) in [5, 5.41) is 10.1. The molecule has 0 saturated carbocycles. The van der Waals surface area contributed by atoms with Crippen LogP contribution in [0.15, 0.2) is 35.6 Å². The number of allylic oxidation sites excluding steroid dienone is 5. The number of carbonyl (C=O) groups excluding carboxylic acids is 1.